The van der Waals surface area contributed by atoms with Gasteiger partial charge >= 0.3 is 11.9 Å². The molecule has 2 heterocycles. The number of aryl methyl sites for hydroxylation is 1. The van der Waals surface area contributed by atoms with Crippen LogP contribution in [-0.2, 0) is 14.3 Å². The predicted octanol–water partition coefficient (Wildman–Crippen LogP) is 1.06. The molecule has 0 saturated carbocycles. The van der Waals surface area contributed by atoms with Crippen LogP contribution in [0.25, 0.3) is 5.57 Å². The van der Waals surface area contributed by atoms with Gasteiger partial charge in [0.25, 0.3) is 0 Å². The van der Waals surface area contributed by atoms with Crippen LogP contribution in [0.4, 0.5) is 0 Å². The van der Waals surface area contributed by atoms with Crippen LogP contribution in [0.15, 0.2) is 10.8 Å². The number of fused-ring (bicyclic) bond motifs is 1. The Hall–Kier alpha value is -2.11. The van der Waals surface area contributed by atoms with Crippen LogP contribution >= 0.6 is 0 Å². The van der Waals surface area contributed by atoms with Crippen LogP contribution in [0.2, 0.25) is 0 Å². The molecule has 0 atom stereocenters. The average Bonchev–Trinajstić information content (AvgIpc) is 2.61. The molecule has 2 rings (SSSR count). The summed E-state index contributed by atoms with van der Waals surface area (Å²) in [6.07, 6.45) is 1.22. The fourth-order valence-corrected chi connectivity index (χ4v) is 1.35. The van der Waals surface area contributed by atoms with Crippen molar-refractivity contribution in [2.75, 3.05) is 6.61 Å². The third-order valence-electron chi connectivity index (χ3n) is 2.10. The number of ether oxygens (including phenoxy) is 2. The maximum Gasteiger partial charge on any atom is 0.351 e. The third-order valence-corrected chi connectivity index (χ3v) is 2.10. The number of esters is 2. The monoisotopic (exact) mass is 223 g/mol. The Balaban J connectivity index is 2.52. The lowest BCUT2D eigenvalue weighted by Gasteiger charge is -2.11. The Bertz CT molecular complexity index is 485. The van der Waals surface area contributed by atoms with Crippen molar-refractivity contribution in [1.29, 1.82) is 0 Å². The van der Waals surface area contributed by atoms with Gasteiger partial charge in [-0.3, -0.25) is 0 Å². The van der Waals surface area contributed by atoms with Crippen molar-refractivity contribution in [2.45, 2.75) is 13.8 Å². The highest BCUT2D eigenvalue weighted by molar-refractivity contribution is 6.25. The summed E-state index contributed by atoms with van der Waals surface area (Å²) in [6, 6.07) is 0. The molecule has 16 heavy (non-hydrogen) atoms. The zero-order valence-electron chi connectivity index (χ0n) is 8.77. The fraction of sp³-hybridized carbons (Fsp3) is 0.300. The molecule has 0 N–H and O–H groups in total. The Labute approximate surface area is 90.8 Å². The number of cyclic esters (lactones) is 2. The van der Waals surface area contributed by atoms with E-state index < -0.39 is 11.9 Å². The maximum atomic E-state index is 11.4. The lowest BCUT2D eigenvalue weighted by atomic mass is 10.1. The summed E-state index contributed by atoms with van der Waals surface area (Å²) in [5, 5.41) is 3.65. The molecule has 6 heteroatoms. The van der Waals surface area contributed by atoms with Gasteiger partial charge in [-0.05, 0) is 13.8 Å². The zero-order chi connectivity index (χ0) is 11.7. The number of nitrogens with zero attached hydrogens (tertiary/aromatic N) is 1. The smallest absolute Gasteiger partial charge is 0.351 e. The van der Waals surface area contributed by atoms with Crippen molar-refractivity contribution in [3.05, 3.63) is 23.3 Å². The largest absolute Gasteiger partial charge is 0.500 e. The summed E-state index contributed by atoms with van der Waals surface area (Å²) in [6.45, 7) is 3.74. The van der Waals surface area contributed by atoms with Crippen LogP contribution in [-0.4, -0.2) is 23.7 Å². The van der Waals surface area contributed by atoms with Crippen LogP contribution in [0, 0.1) is 6.92 Å². The summed E-state index contributed by atoms with van der Waals surface area (Å²) < 4.78 is 14.4. The minimum atomic E-state index is -0.778. The highest BCUT2D eigenvalue weighted by atomic mass is 16.6. The molecule has 1 aromatic rings. The average molecular weight is 223 g/mol. The molecule has 0 fully saturated rings. The van der Waals surface area contributed by atoms with E-state index in [4.69, 9.17) is 9.26 Å². The molecule has 1 aliphatic heterocycles. The van der Waals surface area contributed by atoms with Crippen molar-refractivity contribution >= 4 is 17.5 Å². The second kappa shape index (κ2) is 3.80. The van der Waals surface area contributed by atoms with Crippen molar-refractivity contribution in [3.8, 4) is 0 Å². The van der Waals surface area contributed by atoms with Gasteiger partial charge in [0, 0.05) is 0 Å². The zero-order valence-corrected chi connectivity index (χ0v) is 8.77. The van der Waals surface area contributed by atoms with E-state index in [0.717, 1.165) is 0 Å². The Morgan fingerprint density at radius 1 is 1.38 bits per heavy atom. The molecule has 0 aromatic carbocycles. The quantitative estimate of drug-likeness (QED) is 0.323. The van der Waals surface area contributed by atoms with E-state index in [1.807, 2.05) is 0 Å². The highest BCUT2D eigenvalue weighted by Crippen LogP contribution is 2.28. The second-order valence-corrected chi connectivity index (χ2v) is 3.13. The first-order valence-corrected chi connectivity index (χ1v) is 4.70. The molecular formula is C10H9NO5. The summed E-state index contributed by atoms with van der Waals surface area (Å²) in [5.41, 5.74) is 0.436. The van der Waals surface area contributed by atoms with E-state index in [9.17, 15) is 9.59 Å². The SMILES string of the molecule is CCOC=C1C(=O)OC(=O)c2c1noc2C. The summed E-state index contributed by atoms with van der Waals surface area (Å²) in [4.78, 5) is 22.8. The predicted molar refractivity (Wildman–Crippen MR) is 51.3 cm³/mol. The fourth-order valence-electron chi connectivity index (χ4n) is 1.35. The van der Waals surface area contributed by atoms with Gasteiger partial charge < -0.3 is 14.0 Å². The van der Waals surface area contributed by atoms with Gasteiger partial charge in [0.2, 0.25) is 0 Å². The molecule has 0 amide bonds. The number of rotatable bonds is 2. The summed E-state index contributed by atoms with van der Waals surface area (Å²) in [7, 11) is 0. The summed E-state index contributed by atoms with van der Waals surface area (Å²) >= 11 is 0. The van der Waals surface area contributed by atoms with Gasteiger partial charge in [0.1, 0.15) is 22.6 Å². The molecule has 0 saturated heterocycles. The lowest BCUT2D eigenvalue weighted by molar-refractivity contribution is -0.131. The molecular weight excluding hydrogens is 214 g/mol. The number of aromatic nitrogens is 1. The topological polar surface area (TPSA) is 78.6 Å². The number of hydrogen-bond acceptors (Lipinski definition) is 6. The number of carbonyl (C=O) groups is 2. The van der Waals surface area contributed by atoms with Gasteiger partial charge in [0.05, 0.1) is 12.9 Å². The Morgan fingerprint density at radius 2 is 2.12 bits per heavy atom. The summed E-state index contributed by atoms with van der Waals surface area (Å²) in [5.74, 6) is -1.21. The van der Waals surface area contributed by atoms with Crippen molar-refractivity contribution in [2.24, 2.45) is 0 Å². The van der Waals surface area contributed by atoms with E-state index in [0.29, 0.717) is 12.4 Å². The van der Waals surface area contributed by atoms with Gasteiger partial charge in [0.15, 0.2) is 0 Å². The number of carbonyl (C=O) groups excluding carboxylic acids is 2. The molecule has 0 aliphatic carbocycles. The van der Waals surface area contributed by atoms with Gasteiger partial charge in [-0.2, -0.15) is 0 Å². The molecule has 84 valence electrons. The first kappa shape index (κ1) is 10.4. The number of hydrogen-bond donors (Lipinski definition) is 0. The third kappa shape index (κ3) is 1.48. The van der Waals surface area contributed by atoms with Crippen LogP contribution in [0.3, 0.4) is 0 Å². The minimum Gasteiger partial charge on any atom is -0.500 e. The second-order valence-electron chi connectivity index (χ2n) is 3.13. The minimum absolute atomic E-state index is 0.0910. The van der Waals surface area contributed by atoms with E-state index in [2.05, 4.69) is 9.89 Å². The highest BCUT2D eigenvalue weighted by Gasteiger charge is 2.35. The molecule has 6 nitrogen and oxygen atoms in total. The molecule has 1 aliphatic rings. The van der Waals surface area contributed by atoms with Crippen LogP contribution < -0.4 is 0 Å². The molecule has 1 aromatic heterocycles. The van der Waals surface area contributed by atoms with E-state index in [1.54, 1.807) is 13.8 Å². The van der Waals surface area contributed by atoms with Gasteiger partial charge in [-0.15, -0.1) is 0 Å². The molecule has 0 spiro atoms. The Morgan fingerprint density at radius 3 is 2.81 bits per heavy atom. The van der Waals surface area contributed by atoms with Crippen molar-refractivity contribution in [3.63, 3.8) is 0 Å². The molecule has 0 radical (unpaired) electrons. The molecule has 0 bridgehead atoms. The van der Waals surface area contributed by atoms with E-state index in [-0.39, 0.29) is 16.8 Å². The van der Waals surface area contributed by atoms with Crippen molar-refractivity contribution in [1.82, 2.24) is 5.16 Å². The Kier molecular flexibility index (Phi) is 2.47. The van der Waals surface area contributed by atoms with Crippen molar-refractivity contribution < 1.29 is 23.6 Å². The van der Waals surface area contributed by atoms with Gasteiger partial charge in [-0.1, -0.05) is 5.16 Å². The normalized spacial score (nSPS) is 17.2. The lowest BCUT2D eigenvalue weighted by Crippen LogP contribution is -2.22. The van der Waals surface area contributed by atoms with Gasteiger partial charge in [-0.25, -0.2) is 9.59 Å². The first-order valence-electron chi connectivity index (χ1n) is 4.70. The maximum absolute atomic E-state index is 11.4. The van der Waals surface area contributed by atoms with E-state index >= 15 is 0 Å². The first-order chi connectivity index (χ1) is 7.65. The molecule has 0 unspecified atom stereocenters. The van der Waals surface area contributed by atoms with Crippen LogP contribution in [0.5, 0.6) is 0 Å². The standard InChI is InChI=1S/C10H9NO5/c1-3-14-4-6-8-7(5(2)16-11-8)10(13)15-9(6)12/h4H,3H2,1-2H3. The van der Waals surface area contributed by atoms with E-state index in [1.165, 1.54) is 6.26 Å². The van der Waals surface area contributed by atoms with Crippen LogP contribution in [0.1, 0.15) is 28.7 Å².